The third-order valence-corrected chi connectivity index (χ3v) is 4.37. The Kier molecular flexibility index (Phi) is 4.56. The first-order valence-electron chi connectivity index (χ1n) is 8.06. The van der Waals surface area contributed by atoms with Gasteiger partial charge in [-0.3, -0.25) is 14.0 Å². The predicted octanol–water partition coefficient (Wildman–Crippen LogP) is 1.51. The fraction of sp³-hybridized carbons (Fsp3) is 0.278. The Hall–Kier alpha value is -3.09. The van der Waals surface area contributed by atoms with Gasteiger partial charge in [0.05, 0.1) is 12.2 Å². The quantitative estimate of drug-likeness (QED) is 0.739. The van der Waals surface area contributed by atoms with E-state index in [-0.39, 0.29) is 11.6 Å². The standard InChI is InChI=1S/C18H21N5O2/c1-12-15(13(2)22(3)21-12)9-19-17(24)16-10-20-18(25)23(16)11-14-7-5-4-6-8-14/h4-8,10H,9,11H2,1-3H3,(H,19,24)(H,20,25). The Bertz CT molecular complexity index is 950. The van der Waals surface area contributed by atoms with E-state index in [1.165, 1.54) is 10.8 Å². The Morgan fingerprint density at radius 1 is 1.24 bits per heavy atom. The molecule has 0 aliphatic heterocycles. The van der Waals surface area contributed by atoms with Gasteiger partial charge in [-0.2, -0.15) is 5.10 Å². The maximum atomic E-state index is 12.6. The number of hydrogen-bond acceptors (Lipinski definition) is 3. The van der Waals surface area contributed by atoms with Crippen molar-refractivity contribution in [2.24, 2.45) is 7.05 Å². The first kappa shape index (κ1) is 16.8. The first-order valence-corrected chi connectivity index (χ1v) is 8.06. The average molecular weight is 339 g/mol. The van der Waals surface area contributed by atoms with Gasteiger partial charge in [0.25, 0.3) is 5.91 Å². The minimum absolute atomic E-state index is 0.295. The lowest BCUT2D eigenvalue weighted by Crippen LogP contribution is -2.29. The summed E-state index contributed by atoms with van der Waals surface area (Å²) >= 11 is 0. The third kappa shape index (κ3) is 3.40. The summed E-state index contributed by atoms with van der Waals surface area (Å²) in [6.07, 6.45) is 1.45. The topological polar surface area (TPSA) is 84.7 Å². The highest BCUT2D eigenvalue weighted by Crippen LogP contribution is 2.11. The van der Waals surface area contributed by atoms with Crippen LogP contribution in [-0.4, -0.2) is 25.2 Å². The number of H-pyrrole nitrogens is 1. The number of aromatic nitrogens is 4. The smallest absolute Gasteiger partial charge is 0.326 e. The van der Waals surface area contributed by atoms with Gasteiger partial charge >= 0.3 is 5.69 Å². The highest BCUT2D eigenvalue weighted by Gasteiger charge is 2.16. The molecule has 0 spiro atoms. The number of benzene rings is 1. The van der Waals surface area contributed by atoms with Crippen molar-refractivity contribution in [1.82, 2.24) is 24.6 Å². The summed E-state index contributed by atoms with van der Waals surface area (Å²) < 4.78 is 3.23. The minimum Gasteiger partial charge on any atom is -0.346 e. The van der Waals surface area contributed by atoms with E-state index in [9.17, 15) is 9.59 Å². The fourth-order valence-corrected chi connectivity index (χ4v) is 2.84. The second-order valence-electron chi connectivity index (χ2n) is 6.01. The van der Waals surface area contributed by atoms with Crippen molar-refractivity contribution in [2.45, 2.75) is 26.9 Å². The zero-order valence-electron chi connectivity index (χ0n) is 14.5. The molecule has 0 atom stereocenters. The lowest BCUT2D eigenvalue weighted by atomic mass is 10.2. The van der Waals surface area contributed by atoms with E-state index in [0.29, 0.717) is 18.8 Å². The Morgan fingerprint density at radius 3 is 2.60 bits per heavy atom. The molecule has 0 saturated heterocycles. The van der Waals surface area contributed by atoms with Crippen LogP contribution < -0.4 is 11.0 Å². The van der Waals surface area contributed by atoms with Crippen LogP contribution in [0, 0.1) is 13.8 Å². The van der Waals surface area contributed by atoms with Crippen molar-refractivity contribution in [2.75, 3.05) is 0 Å². The fourth-order valence-electron chi connectivity index (χ4n) is 2.84. The van der Waals surface area contributed by atoms with Crippen molar-refractivity contribution >= 4 is 5.91 Å². The van der Waals surface area contributed by atoms with Crippen molar-refractivity contribution in [3.63, 3.8) is 0 Å². The summed E-state index contributed by atoms with van der Waals surface area (Å²) in [6, 6.07) is 9.56. The van der Waals surface area contributed by atoms with Gasteiger partial charge < -0.3 is 10.3 Å². The first-order chi connectivity index (χ1) is 12.0. The third-order valence-electron chi connectivity index (χ3n) is 4.37. The lowest BCUT2D eigenvalue weighted by molar-refractivity contribution is 0.0941. The molecule has 2 heterocycles. The number of aryl methyl sites for hydroxylation is 2. The summed E-state index contributed by atoms with van der Waals surface area (Å²) in [6.45, 7) is 4.59. The van der Waals surface area contributed by atoms with E-state index >= 15 is 0 Å². The zero-order chi connectivity index (χ0) is 18.0. The number of aromatic amines is 1. The number of rotatable bonds is 5. The summed E-state index contributed by atoms with van der Waals surface area (Å²) in [5.41, 5.74) is 3.85. The van der Waals surface area contributed by atoms with Crippen LogP contribution >= 0.6 is 0 Å². The molecule has 7 nitrogen and oxygen atoms in total. The predicted molar refractivity (Wildman–Crippen MR) is 94.4 cm³/mol. The molecule has 0 bridgehead atoms. The molecule has 7 heteroatoms. The largest absolute Gasteiger partial charge is 0.346 e. The monoisotopic (exact) mass is 339 g/mol. The van der Waals surface area contributed by atoms with E-state index in [0.717, 1.165) is 22.5 Å². The number of hydrogen-bond donors (Lipinski definition) is 2. The van der Waals surface area contributed by atoms with Crippen molar-refractivity contribution < 1.29 is 4.79 Å². The van der Waals surface area contributed by atoms with Crippen LogP contribution in [-0.2, 0) is 20.1 Å². The zero-order valence-corrected chi connectivity index (χ0v) is 14.5. The highest BCUT2D eigenvalue weighted by atomic mass is 16.2. The number of carbonyl (C=O) groups is 1. The van der Waals surface area contributed by atoms with E-state index < -0.39 is 0 Å². The second kappa shape index (κ2) is 6.80. The normalized spacial score (nSPS) is 10.8. The summed E-state index contributed by atoms with van der Waals surface area (Å²) in [5.74, 6) is -0.295. The average Bonchev–Trinajstić information content (AvgIpc) is 3.07. The van der Waals surface area contributed by atoms with Gasteiger partial charge in [0.15, 0.2) is 0 Å². The van der Waals surface area contributed by atoms with Gasteiger partial charge in [0, 0.05) is 31.0 Å². The van der Waals surface area contributed by atoms with Gasteiger partial charge in [-0.1, -0.05) is 30.3 Å². The molecule has 130 valence electrons. The molecule has 25 heavy (non-hydrogen) atoms. The maximum Gasteiger partial charge on any atom is 0.326 e. The van der Waals surface area contributed by atoms with Crippen LogP contribution in [0.4, 0.5) is 0 Å². The summed E-state index contributed by atoms with van der Waals surface area (Å²) in [5, 5.41) is 7.22. The maximum absolute atomic E-state index is 12.6. The van der Waals surface area contributed by atoms with Crippen LogP contribution in [0.1, 0.15) is 33.0 Å². The van der Waals surface area contributed by atoms with Gasteiger partial charge in [0.2, 0.25) is 0 Å². The lowest BCUT2D eigenvalue weighted by Gasteiger charge is -2.09. The SMILES string of the molecule is Cc1nn(C)c(C)c1CNC(=O)c1c[nH]c(=O)n1Cc1ccccc1. The summed E-state index contributed by atoms with van der Waals surface area (Å²) in [4.78, 5) is 27.2. The van der Waals surface area contributed by atoms with Crippen LogP contribution in [0.5, 0.6) is 0 Å². The molecule has 2 aromatic heterocycles. The number of carbonyl (C=O) groups excluding carboxylic acids is 1. The van der Waals surface area contributed by atoms with Crippen LogP contribution in [0.25, 0.3) is 0 Å². The molecule has 0 radical (unpaired) electrons. The molecule has 3 aromatic rings. The Morgan fingerprint density at radius 2 is 1.96 bits per heavy atom. The number of imidazole rings is 1. The van der Waals surface area contributed by atoms with Gasteiger partial charge in [-0.25, -0.2) is 4.79 Å². The molecular weight excluding hydrogens is 318 g/mol. The molecule has 2 N–H and O–H groups in total. The van der Waals surface area contributed by atoms with E-state index in [2.05, 4.69) is 15.4 Å². The molecule has 1 aromatic carbocycles. The van der Waals surface area contributed by atoms with Crippen molar-refractivity contribution in [3.8, 4) is 0 Å². The van der Waals surface area contributed by atoms with Gasteiger partial charge in [-0.15, -0.1) is 0 Å². The minimum atomic E-state index is -0.303. The molecule has 0 aliphatic carbocycles. The van der Waals surface area contributed by atoms with Gasteiger partial charge in [-0.05, 0) is 19.4 Å². The van der Waals surface area contributed by atoms with Crippen molar-refractivity contribution in [3.05, 3.63) is 75.2 Å². The number of nitrogens with one attached hydrogen (secondary N) is 2. The molecule has 0 saturated carbocycles. The molecule has 0 fully saturated rings. The molecular formula is C18H21N5O2. The second-order valence-corrected chi connectivity index (χ2v) is 6.01. The van der Waals surface area contributed by atoms with Crippen LogP contribution in [0.2, 0.25) is 0 Å². The molecule has 1 amide bonds. The van der Waals surface area contributed by atoms with Crippen molar-refractivity contribution in [1.29, 1.82) is 0 Å². The Labute approximate surface area is 145 Å². The number of nitrogens with zero attached hydrogens (tertiary/aromatic N) is 3. The molecule has 3 rings (SSSR count). The highest BCUT2D eigenvalue weighted by molar-refractivity contribution is 5.92. The molecule has 0 unspecified atom stereocenters. The molecule has 0 aliphatic rings. The number of amides is 1. The van der Waals surface area contributed by atoms with Gasteiger partial charge in [0.1, 0.15) is 5.69 Å². The Balaban J connectivity index is 1.78. The van der Waals surface area contributed by atoms with Crippen LogP contribution in [0.3, 0.4) is 0 Å². The van der Waals surface area contributed by atoms with E-state index in [4.69, 9.17) is 0 Å². The van der Waals surface area contributed by atoms with Crippen LogP contribution in [0.15, 0.2) is 41.3 Å². The van der Waals surface area contributed by atoms with E-state index in [1.54, 1.807) is 4.68 Å². The van der Waals surface area contributed by atoms with E-state index in [1.807, 2.05) is 51.2 Å². The summed E-state index contributed by atoms with van der Waals surface area (Å²) in [7, 11) is 1.87.